The molecule has 0 unspecified atom stereocenters. The fourth-order valence-corrected chi connectivity index (χ4v) is 2.74. The molecule has 1 N–H and O–H groups in total. The molecule has 1 amide bonds. The van der Waals surface area contributed by atoms with Crippen molar-refractivity contribution < 1.29 is 4.79 Å². The van der Waals surface area contributed by atoms with Gasteiger partial charge >= 0.3 is 0 Å². The predicted octanol–water partition coefficient (Wildman–Crippen LogP) is 3.50. The zero-order valence-electron chi connectivity index (χ0n) is 13.1. The third-order valence-corrected chi connectivity index (χ3v) is 4.64. The molecule has 3 aromatic rings. The number of anilines is 1. The highest BCUT2D eigenvalue weighted by Gasteiger charge is 2.07. The molecular formula is C18H16BrN3O2. The highest BCUT2D eigenvalue weighted by molar-refractivity contribution is 9.10. The molecule has 5 nitrogen and oxygen atoms in total. The Labute approximate surface area is 147 Å². The van der Waals surface area contributed by atoms with Gasteiger partial charge in [-0.15, -0.1) is 0 Å². The van der Waals surface area contributed by atoms with Gasteiger partial charge < -0.3 is 5.32 Å². The van der Waals surface area contributed by atoms with Gasteiger partial charge in [-0.3, -0.25) is 14.3 Å². The van der Waals surface area contributed by atoms with Gasteiger partial charge in [-0.2, -0.15) is 5.10 Å². The maximum absolute atomic E-state index is 12.2. The Morgan fingerprint density at radius 1 is 1.25 bits per heavy atom. The smallest absolute Gasteiger partial charge is 0.226 e. The van der Waals surface area contributed by atoms with Crippen molar-refractivity contribution in [1.82, 2.24) is 9.78 Å². The van der Waals surface area contributed by atoms with Crippen LogP contribution in [0.1, 0.15) is 12.0 Å². The van der Waals surface area contributed by atoms with Crippen LogP contribution < -0.4 is 10.7 Å². The topological polar surface area (TPSA) is 64.0 Å². The summed E-state index contributed by atoms with van der Waals surface area (Å²) in [6.45, 7) is 2.37. The number of hydrogen-bond donors (Lipinski definition) is 1. The van der Waals surface area contributed by atoms with Crippen LogP contribution in [-0.4, -0.2) is 15.7 Å². The summed E-state index contributed by atoms with van der Waals surface area (Å²) < 4.78 is 2.69. The molecule has 1 heterocycles. The quantitative estimate of drug-likeness (QED) is 0.747. The Morgan fingerprint density at radius 2 is 2.04 bits per heavy atom. The normalized spacial score (nSPS) is 10.8. The average molecular weight is 386 g/mol. The van der Waals surface area contributed by atoms with Crippen molar-refractivity contribution in [2.75, 3.05) is 5.32 Å². The lowest BCUT2D eigenvalue weighted by Gasteiger charge is -2.10. The zero-order valence-corrected chi connectivity index (χ0v) is 14.7. The molecule has 0 saturated heterocycles. The molecule has 2 aromatic carbocycles. The van der Waals surface area contributed by atoms with Crippen LogP contribution in [0.4, 0.5) is 5.69 Å². The maximum atomic E-state index is 12.2. The van der Waals surface area contributed by atoms with Crippen LogP contribution >= 0.6 is 15.9 Å². The number of halogens is 1. The SMILES string of the molecule is Cc1cc(NC(=O)CCn2ncc(=O)c3ccccc32)ccc1Br. The number of nitrogens with one attached hydrogen (secondary N) is 1. The van der Waals surface area contributed by atoms with Crippen LogP contribution in [0.2, 0.25) is 0 Å². The molecule has 0 aliphatic heterocycles. The number of rotatable bonds is 4. The summed E-state index contributed by atoms with van der Waals surface area (Å²) in [4.78, 5) is 24.0. The summed E-state index contributed by atoms with van der Waals surface area (Å²) in [5, 5.41) is 7.61. The Balaban J connectivity index is 1.72. The molecule has 24 heavy (non-hydrogen) atoms. The number of aromatic nitrogens is 2. The Morgan fingerprint density at radius 3 is 2.83 bits per heavy atom. The molecule has 1 aromatic heterocycles. The highest BCUT2D eigenvalue weighted by atomic mass is 79.9. The molecule has 0 aliphatic rings. The Hall–Kier alpha value is -2.47. The second kappa shape index (κ2) is 6.97. The zero-order chi connectivity index (χ0) is 17.1. The first-order valence-corrected chi connectivity index (χ1v) is 8.35. The van der Waals surface area contributed by atoms with Gasteiger partial charge in [0.25, 0.3) is 0 Å². The number of carbonyl (C=O) groups excluding carboxylic acids is 1. The van der Waals surface area contributed by atoms with E-state index in [1.54, 1.807) is 10.7 Å². The van der Waals surface area contributed by atoms with Gasteiger partial charge in [-0.25, -0.2) is 0 Å². The van der Waals surface area contributed by atoms with Gasteiger partial charge in [0.15, 0.2) is 0 Å². The summed E-state index contributed by atoms with van der Waals surface area (Å²) in [7, 11) is 0. The minimum Gasteiger partial charge on any atom is -0.326 e. The lowest BCUT2D eigenvalue weighted by molar-refractivity contribution is -0.116. The van der Waals surface area contributed by atoms with E-state index in [0.717, 1.165) is 21.2 Å². The van der Waals surface area contributed by atoms with Crippen molar-refractivity contribution in [3.05, 3.63) is 68.9 Å². The van der Waals surface area contributed by atoms with Crippen molar-refractivity contribution in [3.63, 3.8) is 0 Å². The number of benzene rings is 2. The monoisotopic (exact) mass is 385 g/mol. The van der Waals surface area contributed by atoms with Crippen LogP contribution in [0, 0.1) is 6.92 Å². The van der Waals surface area contributed by atoms with Crippen molar-refractivity contribution in [2.24, 2.45) is 0 Å². The second-order valence-corrected chi connectivity index (χ2v) is 6.37. The first-order valence-electron chi connectivity index (χ1n) is 7.55. The number of para-hydroxylation sites is 1. The van der Waals surface area contributed by atoms with Gasteiger partial charge in [0.05, 0.1) is 18.3 Å². The molecule has 122 valence electrons. The van der Waals surface area contributed by atoms with Crippen molar-refractivity contribution in [1.29, 1.82) is 0 Å². The van der Waals surface area contributed by atoms with Gasteiger partial charge in [-0.1, -0.05) is 28.1 Å². The van der Waals surface area contributed by atoms with E-state index in [1.807, 2.05) is 43.3 Å². The number of carbonyl (C=O) groups is 1. The largest absolute Gasteiger partial charge is 0.326 e. The lowest BCUT2D eigenvalue weighted by Crippen LogP contribution is -2.18. The van der Waals surface area contributed by atoms with Crippen LogP contribution in [-0.2, 0) is 11.3 Å². The summed E-state index contributed by atoms with van der Waals surface area (Å²) in [6, 6.07) is 12.9. The van der Waals surface area contributed by atoms with E-state index in [2.05, 4.69) is 26.3 Å². The molecule has 0 radical (unpaired) electrons. The number of fused-ring (bicyclic) bond motifs is 1. The molecule has 6 heteroatoms. The Kier molecular flexibility index (Phi) is 4.76. The van der Waals surface area contributed by atoms with E-state index in [1.165, 1.54) is 6.20 Å². The highest BCUT2D eigenvalue weighted by Crippen LogP contribution is 2.20. The second-order valence-electron chi connectivity index (χ2n) is 5.51. The van der Waals surface area contributed by atoms with Gasteiger partial charge in [0, 0.05) is 22.0 Å². The molecule has 3 rings (SSSR count). The molecule has 0 spiro atoms. The number of hydrogen-bond acceptors (Lipinski definition) is 3. The molecule has 0 saturated carbocycles. The third kappa shape index (κ3) is 3.54. The van der Waals surface area contributed by atoms with E-state index >= 15 is 0 Å². The van der Waals surface area contributed by atoms with Crippen LogP contribution in [0.5, 0.6) is 0 Å². The van der Waals surface area contributed by atoms with Gasteiger partial charge in [0.1, 0.15) is 0 Å². The van der Waals surface area contributed by atoms with E-state index in [0.29, 0.717) is 11.9 Å². The van der Waals surface area contributed by atoms with Crippen molar-refractivity contribution in [3.8, 4) is 0 Å². The first kappa shape index (κ1) is 16.4. The predicted molar refractivity (Wildman–Crippen MR) is 98.1 cm³/mol. The molecule has 0 fully saturated rings. The van der Waals surface area contributed by atoms with Crippen molar-refractivity contribution >= 4 is 38.4 Å². The van der Waals surface area contributed by atoms with Crippen LogP contribution in [0.15, 0.2) is 57.9 Å². The molecule has 0 bridgehead atoms. The lowest BCUT2D eigenvalue weighted by atomic mass is 10.2. The molecular weight excluding hydrogens is 370 g/mol. The third-order valence-electron chi connectivity index (χ3n) is 3.75. The summed E-state index contributed by atoms with van der Waals surface area (Å²) in [5.74, 6) is -0.0960. The first-order chi connectivity index (χ1) is 11.5. The van der Waals surface area contributed by atoms with Crippen LogP contribution in [0.25, 0.3) is 10.9 Å². The number of amides is 1. The molecule has 0 atom stereocenters. The van der Waals surface area contributed by atoms with E-state index < -0.39 is 0 Å². The van der Waals surface area contributed by atoms with Gasteiger partial charge in [-0.05, 0) is 42.8 Å². The van der Waals surface area contributed by atoms with E-state index in [4.69, 9.17) is 0 Å². The van der Waals surface area contributed by atoms with Crippen LogP contribution in [0.3, 0.4) is 0 Å². The maximum Gasteiger partial charge on any atom is 0.226 e. The van der Waals surface area contributed by atoms with E-state index in [-0.39, 0.29) is 17.8 Å². The minimum atomic E-state index is -0.114. The van der Waals surface area contributed by atoms with Crippen molar-refractivity contribution in [2.45, 2.75) is 19.9 Å². The fraction of sp³-hybridized carbons (Fsp3) is 0.167. The number of aryl methyl sites for hydroxylation is 2. The Bertz CT molecular complexity index is 966. The summed E-state index contributed by atoms with van der Waals surface area (Å²) in [6.07, 6.45) is 1.56. The standard InChI is InChI=1S/C18H16BrN3O2/c1-12-10-13(6-7-15(12)19)21-18(24)8-9-22-16-5-3-2-4-14(16)17(23)11-20-22/h2-7,10-11H,8-9H2,1H3,(H,21,24). The average Bonchev–Trinajstić information content (AvgIpc) is 2.58. The fourth-order valence-electron chi connectivity index (χ4n) is 2.49. The summed E-state index contributed by atoms with van der Waals surface area (Å²) >= 11 is 3.44. The van der Waals surface area contributed by atoms with Gasteiger partial charge in [0.2, 0.25) is 11.3 Å². The number of nitrogens with zero attached hydrogens (tertiary/aromatic N) is 2. The summed E-state index contributed by atoms with van der Waals surface area (Å²) in [5.41, 5.74) is 2.44. The molecule has 0 aliphatic carbocycles. The van der Waals surface area contributed by atoms with E-state index in [9.17, 15) is 9.59 Å². The minimum absolute atomic E-state index is 0.0960.